The van der Waals surface area contributed by atoms with Gasteiger partial charge >= 0.3 is 0 Å². The number of piperidine rings is 1. The van der Waals surface area contributed by atoms with Gasteiger partial charge in [0, 0.05) is 18.0 Å². The molecule has 1 aromatic heterocycles. The number of hydrogen-bond donors (Lipinski definition) is 1. The van der Waals surface area contributed by atoms with Crippen LogP contribution in [0.3, 0.4) is 0 Å². The van der Waals surface area contributed by atoms with Crippen LogP contribution >= 0.6 is 0 Å². The Morgan fingerprint density at radius 2 is 2.00 bits per heavy atom. The van der Waals surface area contributed by atoms with E-state index in [1.165, 1.54) is 0 Å². The highest BCUT2D eigenvalue weighted by Gasteiger charge is 2.25. The third-order valence-electron chi connectivity index (χ3n) is 4.67. The van der Waals surface area contributed by atoms with Crippen molar-refractivity contribution in [2.24, 2.45) is 5.92 Å². The van der Waals surface area contributed by atoms with Gasteiger partial charge in [0.15, 0.2) is 0 Å². The predicted molar refractivity (Wildman–Crippen MR) is 97.6 cm³/mol. The summed E-state index contributed by atoms with van der Waals surface area (Å²) in [5.41, 5.74) is 0.871. The van der Waals surface area contributed by atoms with Gasteiger partial charge in [-0.05, 0) is 56.6 Å². The Morgan fingerprint density at radius 3 is 2.65 bits per heavy atom. The summed E-state index contributed by atoms with van der Waals surface area (Å²) < 4.78 is 10.9. The van der Waals surface area contributed by atoms with Gasteiger partial charge in [-0.3, -0.25) is 9.69 Å². The van der Waals surface area contributed by atoms with Crippen molar-refractivity contribution in [3.63, 3.8) is 0 Å². The highest BCUT2D eigenvalue weighted by atomic mass is 16.5. The molecular formula is C19H26N4O3. The quantitative estimate of drug-likeness (QED) is 0.819. The summed E-state index contributed by atoms with van der Waals surface area (Å²) in [4.78, 5) is 14.3. The van der Waals surface area contributed by atoms with Crippen LogP contribution in [0.5, 0.6) is 5.75 Å². The molecule has 140 valence electrons. The molecule has 1 N–H and O–H groups in total. The fraction of sp³-hybridized carbons (Fsp3) is 0.526. The molecule has 1 fully saturated rings. The molecule has 7 heteroatoms. The Bertz CT molecular complexity index is 706. The number of methoxy groups -OCH3 is 1. The second kappa shape index (κ2) is 8.80. The summed E-state index contributed by atoms with van der Waals surface area (Å²) in [5.74, 6) is 2.21. The zero-order valence-corrected chi connectivity index (χ0v) is 15.4. The molecule has 3 rings (SSSR count). The molecular weight excluding hydrogens is 332 g/mol. The number of benzene rings is 1. The number of nitrogens with zero attached hydrogens (tertiary/aromatic N) is 3. The number of carbonyl (C=O) groups is 1. The van der Waals surface area contributed by atoms with Gasteiger partial charge in [0.2, 0.25) is 17.7 Å². The summed E-state index contributed by atoms with van der Waals surface area (Å²) in [6.45, 7) is 5.17. The number of likely N-dealkylation sites (tertiary alicyclic amines) is 1. The van der Waals surface area contributed by atoms with Crippen molar-refractivity contribution in [3.05, 3.63) is 30.2 Å². The molecule has 7 nitrogen and oxygen atoms in total. The smallest absolute Gasteiger partial charge is 0.247 e. The number of aromatic nitrogens is 2. The highest BCUT2D eigenvalue weighted by molar-refractivity contribution is 5.78. The maximum absolute atomic E-state index is 12.0. The van der Waals surface area contributed by atoms with Crippen LogP contribution in [0.4, 0.5) is 0 Å². The zero-order valence-electron chi connectivity index (χ0n) is 15.4. The second-order valence-corrected chi connectivity index (χ2v) is 6.57. The van der Waals surface area contributed by atoms with Gasteiger partial charge in [-0.15, -0.1) is 10.2 Å². The summed E-state index contributed by atoms with van der Waals surface area (Å²) in [6.07, 6.45) is 2.71. The fourth-order valence-corrected chi connectivity index (χ4v) is 3.10. The monoisotopic (exact) mass is 358 g/mol. The first-order valence-electron chi connectivity index (χ1n) is 9.16. The summed E-state index contributed by atoms with van der Waals surface area (Å²) >= 11 is 0. The minimum absolute atomic E-state index is 0.121. The Morgan fingerprint density at radius 1 is 1.27 bits per heavy atom. The average molecular weight is 358 g/mol. The van der Waals surface area contributed by atoms with E-state index in [2.05, 4.69) is 27.3 Å². The van der Waals surface area contributed by atoms with Crippen molar-refractivity contribution in [2.45, 2.75) is 32.7 Å². The standard InChI is InChI=1S/C19H26N4O3/c1-3-10-20-18(24)14-8-11-23(12-9-14)13-17-21-22-19(26-17)15-4-6-16(25-2)7-5-15/h4-7,14H,3,8-13H2,1-2H3,(H,20,24). The number of nitrogens with one attached hydrogen (secondary N) is 1. The fourth-order valence-electron chi connectivity index (χ4n) is 3.10. The summed E-state index contributed by atoms with van der Waals surface area (Å²) in [6, 6.07) is 7.54. The molecule has 0 bridgehead atoms. The van der Waals surface area contributed by atoms with Crippen molar-refractivity contribution in [1.82, 2.24) is 20.4 Å². The van der Waals surface area contributed by atoms with E-state index >= 15 is 0 Å². The van der Waals surface area contributed by atoms with Crippen LogP contribution in [0.1, 0.15) is 32.1 Å². The van der Waals surface area contributed by atoms with E-state index in [1.54, 1.807) is 7.11 Å². The maximum atomic E-state index is 12.0. The van der Waals surface area contributed by atoms with Crippen molar-refractivity contribution >= 4 is 5.91 Å². The first-order chi connectivity index (χ1) is 12.7. The molecule has 1 amide bonds. The number of hydrogen-bond acceptors (Lipinski definition) is 6. The number of amides is 1. The minimum atomic E-state index is 0.121. The van der Waals surface area contributed by atoms with Crippen LogP contribution in [0.2, 0.25) is 0 Å². The van der Waals surface area contributed by atoms with E-state index in [0.29, 0.717) is 18.3 Å². The van der Waals surface area contributed by atoms with Crippen LogP contribution in [-0.4, -0.2) is 47.7 Å². The third-order valence-corrected chi connectivity index (χ3v) is 4.67. The number of ether oxygens (including phenoxy) is 1. The molecule has 0 aliphatic carbocycles. The van der Waals surface area contributed by atoms with Crippen molar-refractivity contribution in [1.29, 1.82) is 0 Å². The molecule has 1 saturated heterocycles. The molecule has 1 aliphatic rings. The molecule has 2 heterocycles. The lowest BCUT2D eigenvalue weighted by molar-refractivity contribution is -0.126. The van der Waals surface area contributed by atoms with Gasteiger partial charge in [0.1, 0.15) is 5.75 Å². The molecule has 0 radical (unpaired) electrons. The van der Waals surface area contributed by atoms with E-state index in [-0.39, 0.29) is 11.8 Å². The Hall–Kier alpha value is -2.41. The lowest BCUT2D eigenvalue weighted by Crippen LogP contribution is -2.40. The van der Waals surface area contributed by atoms with Crippen molar-refractivity contribution in [3.8, 4) is 17.2 Å². The second-order valence-electron chi connectivity index (χ2n) is 6.57. The predicted octanol–water partition coefficient (Wildman–Crippen LogP) is 2.48. The lowest BCUT2D eigenvalue weighted by atomic mass is 9.96. The van der Waals surface area contributed by atoms with E-state index in [1.807, 2.05) is 24.3 Å². The molecule has 2 aromatic rings. The molecule has 0 atom stereocenters. The minimum Gasteiger partial charge on any atom is -0.497 e. The Labute approximate surface area is 153 Å². The topological polar surface area (TPSA) is 80.5 Å². The van der Waals surface area contributed by atoms with Crippen LogP contribution in [0.15, 0.2) is 28.7 Å². The normalized spacial score (nSPS) is 15.8. The first kappa shape index (κ1) is 18.4. The summed E-state index contributed by atoms with van der Waals surface area (Å²) in [7, 11) is 1.64. The van der Waals surface area contributed by atoms with E-state index < -0.39 is 0 Å². The van der Waals surface area contributed by atoms with Gasteiger partial charge in [0.05, 0.1) is 13.7 Å². The van der Waals surface area contributed by atoms with Gasteiger partial charge in [-0.2, -0.15) is 0 Å². The highest BCUT2D eigenvalue weighted by Crippen LogP contribution is 2.23. The number of rotatable bonds is 7. The van der Waals surface area contributed by atoms with E-state index in [0.717, 1.165) is 50.2 Å². The van der Waals surface area contributed by atoms with E-state index in [4.69, 9.17) is 9.15 Å². The molecule has 0 unspecified atom stereocenters. The third kappa shape index (κ3) is 4.60. The maximum Gasteiger partial charge on any atom is 0.247 e. The largest absolute Gasteiger partial charge is 0.497 e. The molecule has 0 saturated carbocycles. The Kier molecular flexibility index (Phi) is 6.22. The lowest BCUT2D eigenvalue weighted by Gasteiger charge is -2.30. The van der Waals surface area contributed by atoms with Crippen LogP contribution < -0.4 is 10.1 Å². The molecule has 0 spiro atoms. The van der Waals surface area contributed by atoms with Crippen molar-refractivity contribution < 1.29 is 13.9 Å². The average Bonchev–Trinajstić information content (AvgIpc) is 3.15. The van der Waals surface area contributed by atoms with Gasteiger partial charge in [-0.25, -0.2) is 0 Å². The SMILES string of the molecule is CCCNC(=O)C1CCN(Cc2nnc(-c3ccc(OC)cc3)o2)CC1. The van der Waals surface area contributed by atoms with E-state index in [9.17, 15) is 4.79 Å². The molecule has 26 heavy (non-hydrogen) atoms. The van der Waals surface area contributed by atoms with Gasteiger partial charge in [0.25, 0.3) is 0 Å². The number of carbonyl (C=O) groups excluding carboxylic acids is 1. The van der Waals surface area contributed by atoms with Gasteiger partial charge < -0.3 is 14.5 Å². The molecule has 1 aliphatic heterocycles. The first-order valence-corrected chi connectivity index (χ1v) is 9.16. The van der Waals surface area contributed by atoms with Crippen molar-refractivity contribution in [2.75, 3.05) is 26.7 Å². The Balaban J connectivity index is 1.51. The zero-order chi connectivity index (χ0) is 18.4. The van der Waals surface area contributed by atoms with Crippen LogP contribution in [-0.2, 0) is 11.3 Å². The molecule has 1 aromatic carbocycles. The van der Waals surface area contributed by atoms with Gasteiger partial charge in [-0.1, -0.05) is 6.92 Å². The van der Waals surface area contributed by atoms with Crippen LogP contribution in [0.25, 0.3) is 11.5 Å². The summed E-state index contributed by atoms with van der Waals surface area (Å²) in [5, 5.41) is 11.3. The van der Waals surface area contributed by atoms with Crippen LogP contribution in [0, 0.1) is 5.92 Å².